The van der Waals surface area contributed by atoms with Crippen LogP contribution >= 0.6 is 0 Å². The lowest BCUT2D eigenvalue weighted by Gasteiger charge is -2.25. The molecular formula is C32H37N7O5S. The molecule has 3 N–H and O–H groups in total. The third-order valence-electron chi connectivity index (χ3n) is 7.44. The van der Waals surface area contributed by atoms with Crippen molar-refractivity contribution in [2.75, 3.05) is 17.2 Å². The van der Waals surface area contributed by atoms with E-state index in [1.807, 2.05) is 39.0 Å². The summed E-state index contributed by atoms with van der Waals surface area (Å²) in [5.41, 5.74) is 2.35. The van der Waals surface area contributed by atoms with Crippen LogP contribution in [0.4, 0.5) is 16.3 Å². The average molecular weight is 632 g/mol. The molecule has 0 atom stereocenters. The zero-order valence-electron chi connectivity index (χ0n) is 25.9. The summed E-state index contributed by atoms with van der Waals surface area (Å²) in [6.07, 6.45) is 4.27. The SMILES string of the molecule is CC(C)(C)c1cc(NC(=O)Nc2ccc(OCCc3ccncc3)cc2)n(-c2ccc(CN3C(C)(C)C(=O)NS3(=O)=O)cc2)n1. The lowest BCUT2D eigenvalue weighted by atomic mass is 9.92. The van der Waals surface area contributed by atoms with E-state index in [0.717, 1.165) is 22.0 Å². The summed E-state index contributed by atoms with van der Waals surface area (Å²) in [5.74, 6) is 0.583. The number of amides is 3. The van der Waals surface area contributed by atoms with Gasteiger partial charge in [-0.15, -0.1) is 0 Å². The molecule has 1 aliphatic heterocycles. The summed E-state index contributed by atoms with van der Waals surface area (Å²) in [6.45, 7) is 9.75. The molecule has 0 unspecified atom stereocenters. The van der Waals surface area contributed by atoms with Crippen LogP contribution in [-0.4, -0.2) is 51.6 Å². The smallest absolute Gasteiger partial charge is 0.324 e. The highest BCUT2D eigenvalue weighted by molar-refractivity contribution is 7.88. The lowest BCUT2D eigenvalue weighted by Crippen LogP contribution is -2.43. The quantitative estimate of drug-likeness (QED) is 0.241. The second kappa shape index (κ2) is 12.3. The maximum atomic E-state index is 13.0. The molecule has 1 saturated heterocycles. The summed E-state index contributed by atoms with van der Waals surface area (Å²) >= 11 is 0. The number of nitrogens with zero attached hydrogens (tertiary/aromatic N) is 4. The van der Waals surface area contributed by atoms with Gasteiger partial charge in [0.05, 0.1) is 18.0 Å². The third kappa shape index (κ3) is 7.32. The minimum atomic E-state index is -3.93. The van der Waals surface area contributed by atoms with Gasteiger partial charge in [0.25, 0.3) is 5.91 Å². The molecule has 3 amide bonds. The summed E-state index contributed by atoms with van der Waals surface area (Å²) < 4.78 is 35.6. The Balaban J connectivity index is 1.26. The van der Waals surface area contributed by atoms with Crippen molar-refractivity contribution in [1.29, 1.82) is 0 Å². The van der Waals surface area contributed by atoms with Crippen molar-refractivity contribution in [3.8, 4) is 11.4 Å². The molecule has 2 aromatic carbocycles. The van der Waals surface area contributed by atoms with E-state index in [2.05, 4.69) is 20.3 Å². The van der Waals surface area contributed by atoms with E-state index < -0.39 is 27.7 Å². The van der Waals surface area contributed by atoms with Gasteiger partial charge in [-0.3, -0.25) is 15.1 Å². The first kappa shape index (κ1) is 31.7. The van der Waals surface area contributed by atoms with Gasteiger partial charge in [-0.2, -0.15) is 17.8 Å². The van der Waals surface area contributed by atoms with Crippen LogP contribution in [0.3, 0.4) is 0 Å². The molecule has 236 valence electrons. The van der Waals surface area contributed by atoms with Gasteiger partial charge in [0.15, 0.2) is 0 Å². The Labute approximate surface area is 263 Å². The molecular weight excluding hydrogens is 594 g/mol. The Morgan fingerprint density at radius 1 is 0.956 bits per heavy atom. The number of nitrogens with one attached hydrogen (secondary N) is 3. The highest BCUT2D eigenvalue weighted by atomic mass is 32.2. The number of ether oxygens (including phenoxy) is 1. The van der Waals surface area contributed by atoms with Crippen molar-refractivity contribution in [2.24, 2.45) is 0 Å². The molecule has 0 bridgehead atoms. The first-order valence-corrected chi connectivity index (χ1v) is 15.9. The van der Waals surface area contributed by atoms with Gasteiger partial charge in [-0.1, -0.05) is 32.9 Å². The standard InChI is InChI=1S/C32H37N7O5S/c1-31(2,3)27-20-28(35-30(41)34-24-8-12-26(13-9-24)44-19-16-22-14-17-33-18-15-22)39(36-27)25-10-6-23(7-11-25)21-38-32(4,5)29(40)37-45(38,42)43/h6-15,17-18,20H,16,19,21H2,1-5H3,(H,37,40)(H2,34,35,41). The van der Waals surface area contributed by atoms with Gasteiger partial charge in [0, 0.05) is 42.5 Å². The Hall–Kier alpha value is -4.75. The summed E-state index contributed by atoms with van der Waals surface area (Å²) in [5, 5.41) is 10.5. The second-order valence-electron chi connectivity index (χ2n) is 12.3. The van der Waals surface area contributed by atoms with Gasteiger partial charge in [-0.05, 0) is 73.5 Å². The van der Waals surface area contributed by atoms with E-state index in [1.165, 1.54) is 0 Å². The minimum Gasteiger partial charge on any atom is -0.493 e. The van der Waals surface area contributed by atoms with Gasteiger partial charge in [0.1, 0.15) is 17.1 Å². The van der Waals surface area contributed by atoms with Crippen molar-refractivity contribution in [3.05, 3.63) is 95.9 Å². The van der Waals surface area contributed by atoms with Crippen molar-refractivity contribution in [2.45, 2.75) is 58.5 Å². The molecule has 4 aromatic rings. The molecule has 0 spiro atoms. The zero-order valence-corrected chi connectivity index (χ0v) is 26.7. The van der Waals surface area contributed by atoms with Crippen molar-refractivity contribution in [1.82, 2.24) is 23.8 Å². The van der Waals surface area contributed by atoms with Crippen LogP contribution in [-0.2, 0) is 33.4 Å². The highest BCUT2D eigenvalue weighted by Gasteiger charge is 2.50. The molecule has 0 radical (unpaired) electrons. The van der Waals surface area contributed by atoms with Crippen LogP contribution in [0.2, 0.25) is 0 Å². The number of rotatable bonds is 9. The maximum absolute atomic E-state index is 13.0. The number of hydrogen-bond acceptors (Lipinski definition) is 7. The predicted molar refractivity (Wildman–Crippen MR) is 171 cm³/mol. The van der Waals surface area contributed by atoms with Crippen LogP contribution in [0.1, 0.15) is 51.4 Å². The minimum absolute atomic E-state index is 0.0167. The van der Waals surface area contributed by atoms with Crippen LogP contribution in [0.5, 0.6) is 5.75 Å². The number of aromatic nitrogens is 3. The molecule has 13 heteroatoms. The normalized spacial score (nSPS) is 15.8. The number of carbonyl (C=O) groups is 2. The Morgan fingerprint density at radius 3 is 2.22 bits per heavy atom. The summed E-state index contributed by atoms with van der Waals surface area (Å²) in [6, 6.07) is 19.5. The highest BCUT2D eigenvalue weighted by Crippen LogP contribution is 2.29. The topological polar surface area (TPSA) is 148 Å². The first-order valence-electron chi connectivity index (χ1n) is 14.5. The molecule has 45 heavy (non-hydrogen) atoms. The number of urea groups is 1. The predicted octanol–water partition coefficient (Wildman–Crippen LogP) is 4.79. The number of carbonyl (C=O) groups excluding carboxylic acids is 2. The van der Waals surface area contributed by atoms with Crippen LogP contribution in [0.25, 0.3) is 5.69 Å². The van der Waals surface area contributed by atoms with Crippen LogP contribution in [0, 0.1) is 0 Å². The number of hydrogen-bond donors (Lipinski definition) is 3. The van der Waals surface area contributed by atoms with Gasteiger partial charge < -0.3 is 10.1 Å². The molecule has 0 saturated carbocycles. The largest absolute Gasteiger partial charge is 0.493 e. The summed E-state index contributed by atoms with van der Waals surface area (Å²) in [7, 11) is -3.93. The van der Waals surface area contributed by atoms with E-state index >= 15 is 0 Å². The van der Waals surface area contributed by atoms with Gasteiger partial charge >= 0.3 is 16.2 Å². The first-order chi connectivity index (χ1) is 21.2. The Morgan fingerprint density at radius 2 is 1.62 bits per heavy atom. The van der Waals surface area contributed by atoms with Crippen LogP contribution < -0.4 is 20.1 Å². The van der Waals surface area contributed by atoms with Gasteiger partial charge in [0.2, 0.25) is 0 Å². The van der Waals surface area contributed by atoms with Crippen molar-refractivity contribution >= 4 is 33.7 Å². The molecule has 2 aromatic heterocycles. The van der Waals surface area contributed by atoms with E-state index in [0.29, 0.717) is 35.1 Å². The number of anilines is 2. The monoisotopic (exact) mass is 631 g/mol. The molecule has 5 rings (SSSR count). The average Bonchev–Trinajstić information content (AvgIpc) is 3.47. The van der Waals surface area contributed by atoms with Gasteiger partial charge in [-0.25, -0.2) is 14.2 Å². The van der Waals surface area contributed by atoms with Crippen molar-refractivity contribution < 1.29 is 22.7 Å². The fraction of sp³-hybridized carbons (Fsp3) is 0.312. The number of benzene rings is 2. The fourth-order valence-electron chi connectivity index (χ4n) is 4.68. The number of pyridine rings is 1. The second-order valence-corrected chi connectivity index (χ2v) is 13.9. The van der Waals surface area contributed by atoms with E-state index in [1.54, 1.807) is 79.5 Å². The maximum Gasteiger partial charge on any atom is 0.324 e. The van der Waals surface area contributed by atoms with E-state index in [9.17, 15) is 18.0 Å². The van der Waals surface area contributed by atoms with Crippen molar-refractivity contribution in [3.63, 3.8) is 0 Å². The lowest BCUT2D eigenvalue weighted by molar-refractivity contribution is -0.125. The zero-order chi connectivity index (χ0) is 32.4. The summed E-state index contributed by atoms with van der Waals surface area (Å²) in [4.78, 5) is 29.2. The van der Waals surface area contributed by atoms with Crippen LogP contribution in [0.15, 0.2) is 79.1 Å². The van der Waals surface area contributed by atoms with E-state index in [-0.39, 0.29) is 12.0 Å². The van der Waals surface area contributed by atoms with E-state index in [4.69, 9.17) is 9.84 Å². The fourth-order valence-corrected chi connectivity index (χ4v) is 6.28. The Kier molecular flexibility index (Phi) is 8.68. The molecule has 0 aliphatic carbocycles. The molecule has 1 fully saturated rings. The Bertz CT molecular complexity index is 1780. The third-order valence-corrected chi connectivity index (χ3v) is 9.05. The molecule has 3 heterocycles. The molecule has 12 nitrogen and oxygen atoms in total. The molecule has 1 aliphatic rings.